The summed E-state index contributed by atoms with van der Waals surface area (Å²) in [5.74, 6) is 0. The SMILES string of the molecule is C[C@@H]([C@H](O)c1csc2ccccc12)N1CCC(OCc2ccccc2)CC1. The fraction of sp³-hybridized carbons (Fsp3) is 0.391. The Bertz CT molecular complexity index is 855. The van der Waals surface area contributed by atoms with E-state index < -0.39 is 6.10 Å². The number of hydrogen-bond donors (Lipinski definition) is 1. The second-order valence-electron chi connectivity index (χ2n) is 7.40. The first-order valence-electron chi connectivity index (χ1n) is 9.76. The number of thiophene rings is 1. The van der Waals surface area contributed by atoms with E-state index in [9.17, 15) is 5.11 Å². The molecule has 1 saturated heterocycles. The second kappa shape index (κ2) is 8.53. The number of nitrogens with zero attached hydrogens (tertiary/aromatic N) is 1. The molecule has 3 aromatic rings. The second-order valence-corrected chi connectivity index (χ2v) is 8.32. The van der Waals surface area contributed by atoms with E-state index >= 15 is 0 Å². The van der Waals surface area contributed by atoms with Crippen molar-refractivity contribution in [2.75, 3.05) is 13.1 Å². The number of piperidine rings is 1. The van der Waals surface area contributed by atoms with Crippen LogP contribution in [-0.4, -0.2) is 35.2 Å². The predicted octanol–water partition coefficient (Wildman–Crippen LogP) is 5.00. The van der Waals surface area contributed by atoms with Crippen molar-refractivity contribution in [3.05, 3.63) is 71.1 Å². The van der Waals surface area contributed by atoms with Crippen molar-refractivity contribution >= 4 is 21.4 Å². The summed E-state index contributed by atoms with van der Waals surface area (Å²) >= 11 is 1.71. The minimum absolute atomic E-state index is 0.109. The van der Waals surface area contributed by atoms with Gasteiger partial charge >= 0.3 is 0 Å². The molecule has 4 heteroatoms. The normalized spacial score (nSPS) is 18.6. The maximum atomic E-state index is 11.0. The Morgan fingerprint density at radius 2 is 1.78 bits per heavy atom. The quantitative estimate of drug-likeness (QED) is 0.652. The Hall–Kier alpha value is -1.72. The van der Waals surface area contributed by atoms with Gasteiger partial charge in [-0.1, -0.05) is 48.5 Å². The van der Waals surface area contributed by atoms with Crippen molar-refractivity contribution in [1.82, 2.24) is 4.90 Å². The first-order chi connectivity index (χ1) is 13.2. The van der Waals surface area contributed by atoms with Crippen molar-refractivity contribution in [3.8, 4) is 0 Å². The molecule has 0 amide bonds. The zero-order valence-corrected chi connectivity index (χ0v) is 16.6. The molecule has 1 aromatic heterocycles. The van der Waals surface area contributed by atoms with Crippen LogP contribution in [0.1, 0.15) is 37.0 Å². The zero-order chi connectivity index (χ0) is 18.6. The van der Waals surface area contributed by atoms with E-state index in [1.165, 1.54) is 15.6 Å². The third kappa shape index (κ3) is 4.25. The Morgan fingerprint density at radius 1 is 1.07 bits per heavy atom. The highest BCUT2D eigenvalue weighted by Gasteiger charge is 2.29. The average molecular weight is 382 g/mol. The monoisotopic (exact) mass is 381 g/mol. The maximum Gasteiger partial charge on any atom is 0.0956 e. The molecule has 1 aliphatic heterocycles. The van der Waals surface area contributed by atoms with Crippen LogP contribution < -0.4 is 0 Å². The molecule has 4 rings (SSSR count). The number of aliphatic hydroxyl groups is 1. The number of rotatable bonds is 6. The van der Waals surface area contributed by atoms with Crippen molar-refractivity contribution < 1.29 is 9.84 Å². The lowest BCUT2D eigenvalue weighted by molar-refractivity contribution is -0.0266. The number of fused-ring (bicyclic) bond motifs is 1. The lowest BCUT2D eigenvalue weighted by atomic mass is 9.98. The summed E-state index contributed by atoms with van der Waals surface area (Å²) in [6, 6.07) is 18.8. The zero-order valence-electron chi connectivity index (χ0n) is 15.8. The van der Waals surface area contributed by atoms with Gasteiger partial charge in [0.1, 0.15) is 0 Å². The third-order valence-electron chi connectivity index (χ3n) is 5.67. The first-order valence-corrected chi connectivity index (χ1v) is 10.6. The minimum Gasteiger partial charge on any atom is -0.387 e. The molecule has 2 aromatic carbocycles. The van der Waals surface area contributed by atoms with Crippen LogP contribution in [0.15, 0.2) is 60.0 Å². The van der Waals surface area contributed by atoms with Gasteiger partial charge in [0.2, 0.25) is 0 Å². The van der Waals surface area contributed by atoms with Crippen LogP contribution >= 0.6 is 11.3 Å². The van der Waals surface area contributed by atoms with Gasteiger partial charge < -0.3 is 9.84 Å². The Morgan fingerprint density at radius 3 is 2.56 bits per heavy atom. The molecule has 2 atom stereocenters. The van der Waals surface area contributed by atoms with Gasteiger partial charge in [-0.2, -0.15) is 0 Å². The number of ether oxygens (including phenoxy) is 1. The molecule has 0 spiro atoms. The topological polar surface area (TPSA) is 32.7 Å². The molecule has 1 N–H and O–H groups in total. The smallest absolute Gasteiger partial charge is 0.0956 e. The Kier molecular flexibility index (Phi) is 5.89. The fourth-order valence-corrected chi connectivity index (χ4v) is 4.92. The maximum absolute atomic E-state index is 11.0. The van der Waals surface area contributed by atoms with Crippen LogP contribution in [0.25, 0.3) is 10.1 Å². The van der Waals surface area contributed by atoms with E-state index in [1.54, 1.807) is 11.3 Å². The summed E-state index contributed by atoms with van der Waals surface area (Å²) < 4.78 is 7.34. The average Bonchev–Trinajstić information content (AvgIpc) is 3.16. The van der Waals surface area contributed by atoms with E-state index in [4.69, 9.17) is 4.74 Å². The van der Waals surface area contributed by atoms with Crippen LogP contribution in [-0.2, 0) is 11.3 Å². The van der Waals surface area contributed by atoms with Crippen molar-refractivity contribution in [2.45, 2.75) is 44.6 Å². The molecule has 27 heavy (non-hydrogen) atoms. The fourth-order valence-electron chi connectivity index (χ4n) is 3.92. The predicted molar refractivity (Wildman–Crippen MR) is 112 cm³/mol. The van der Waals surface area contributed by atoms with Gasteiger partial charge in [0, 0.05) is 29.4 Å². The molecule has 0 unspecified atom stereocenters. The molecule has 1 aliphatic rings. The molecule has 1 fully saturated rings. The summed E-state index contributed by atoms with van der Waals surface area (Å²) in [5, 5.41) is 14.3. The van der Waals surface area contributed by atoms with Gasteiger partial charge in [0.15, 0.2) is 0 Å². The van der Waals surface area contributed by atoms with Gasteiger partial charge in [-0.3, -0.25) is 4.90 Å². The third-order valence-corrected chi connectivity index (χ3v) is 6.65. The van der Waals surface area contributed by atoms with E-state index in [1.807, 2.05) is 12.1 Å². The van der Waals surface area contributed by atoms with Crippen LogP contribution in [0.3, 0.4) is 0 Å². The van der Waals surface area contributed by atoms with Crippen molar-refractivity contribution in [3.63, 3.8) is 0 Å². The van der Waals surface area contributed by atoms with Gasteiger partial charge in [-0.25, -0.2) is 0 Å². The largest absolute Gasteiger partial charge is 0.387 e. The molecular formula is C23H27NO2S. The molecule has 0 saturated carbocycles. The first kappa shape index (κ1) is 18.6. The molecule has 3 nitrogen and oxygen atoms in total. The Labute approximate surface area is 165 Å². The minimum atomic E-state index is -0.456. The van der Waals surface area contributed by atoms with Gasteiger partial charge in [-0.15, -0.1) is 11.3 Å². The number of benzene rings is 2. The summed E-state index contributed by atoms with van der Waals surface area (Å²) in [5.41, 5.74) is 2.29. The molecular weight excluding hydrogens is 354 g/mol. The molecule has 0 aliphatic carbocycles. The molecule has 0 radical (unpaired) electrons. The summed E-state index contributed by atoms with van der Waals surface area (Å²) in [4.78, 5) is 2.40. The van der Waals surface area contributed by atoms with Crippen LogP contribution in [0.2, 0.25) is 0 Å². The highest BCUT2D eigenvalue weighted by molar-refractivity contribution is 7.17. The van der Waals surface area contributed by atoms with Crippen LogP contribution in [0.4, 0.5) is 0 Å². The van der Waals surface area contributed by atoms with Crippen LogP contribution in [0.5, 0.6) is 0 Å². The number of likely N-dealkylation sites (tertiary alicyclic amines) is 1. The van der Waals surface area contributed by atoms with E-state index in [-0.39, 0.29) is 6.04 Å². The molecule has 0 bridgehead atoms. The van der Waals surface area contributed by atoms with Crippen molar-refractivity contribution in [1.29, 1.82) is 0 Å². The highest BCUT2D eigenvalue weighted by Crippen LogP contribution is 2.33. The molecule has 2 heterocycles. The summed E-state index contributed by atoms with van der Waals surface area (Å²) in [6.07, 6.45) is 1.90. The summed E-state index contributed by atoms with van der Waals surface area (Å²) in [7, 11) is 0. The summed E-state index contributed by atoms with van der Waals surface area (Å²) in [6.45, 7) is 4.77. The van der Waals surface area contributed by atoms with Crippen molar-refractivity contribution in [2.24, 2.45) is 0 Å². The van der Waals surface area contributed by atoms with Gasteiger partial charge in [-0.05, 0) is 42.2 Å². The highest BCUT2D eigenvalue weighted by atomic mass is 32.1. The number of hydrogen-bond acceptors (Lipinski definition) is 4. The lowest BCUT2D eigenvalue weighted by Crippen LogP contribution is -2.44. The van der Waals surface area contributed by atoms with Gasteiger partial charge in [0.25, 0.3) is 0 Å². The Balaban J connectivity index is 1.32. The van der Waals surface area contributed by atoms with E-state index in [0.717, 1.165) is 31.5 Å². The standard InChI is InChI=1S/C23H27NO2S/c1-17(23(25)21-16-27-22-10-6-5-9-20(21)22)24-13-11-19(12-14-24)26-15-18-7-3-2-4-8-18/h2-10,16-17,19,23,25H,11-15H2,1H3/t17-,23-/m0/s1. The van der Waals surface area contributed by atoms with Crippen LogP contribution in [0, 0.1) is 0 Å². The molecule has 142 valence electrons. The van der Waals surface area contributed by atoms with E-state index in [0.29, 0.717) is 12.7 Å². The van der Waals surface area contributed by atoms with Gasteiger partial charge in [0.05, 0.1) is 18.8 Å². The van der Waals surface area contributed by atoms with E-state index in [2.05, 4.69) is 59.7 Å². The number of aliphatic hydroxyl groups excluding tert-OH is 1. The lowest BCUT2D eigenvalue weighted by Gasteiger charge is -2.37.